The average molecular weight is 770 g/mol. The van der Waals surface area contributed by atoms with Crippen molar-refractivity contribution in [3.63, 3.8) is 0 Å². The Balaban J connectivity index is 1.24. The molecule has 3 aromatic heterocycles. The average Bonchev–Trinajstić information content (AvgIpc) is 3.89. The van der Waals surface area contributed by atoms with E-state index in [2.05, 4.69) is 62.4 Å². The van der Waals surface area contributed by atoms with Crippen LogP contribution in [-0.4, -0.2) is 47.1 Å². The highest BCUT2D eigenvalue weighted by atomic mass is 79.9. The highest BCUT2D eigenvalue weighted by molar-refractivity contribution is 9.10. The molecule has 0 unspecified atom stereocenters. The van der Waals surface area contributed by atoms with Crippen molar-refractivity contribution in [1.82, 2.24) is 29.8 Å². The van der Waals surface area contributed by atoms with E-state index in [0.717, 1.165) is 27.6 Å². The molecule has 1 N–H and O–H groups in total. The number of benzene rings is 5. The van der Waals surface area contributed by atoms with Crippen LogP contribution in [0.15, 0.2) is 142 Å². The largest absolute Gasteiger partial charge is 0.476 e. The first-order valence-corrected chi connectivity index (χ1v) is 17.3. The van der Waals surface area contributed by atoms with Crippen molar-refractivity contribution in [2.45, 2.75) is 12.1 Å². The number of rotatable bonds is 10. The van der Waals surface area contributed by atoms with Crippen LogP contribution in [0.3, 0.4) is 0 Å². The number of carboxylic acids is 1. The molecule has 0 aliphatic rings. The fourth-order valence-corrected chi connectivity index (χ4v) is 7.56. The third-order valence-corrected chi connectivity index (χ3v) is 10.0. The number of aromatic carboxylic acids is 1. The van der Waals surface area contributed by atoms with Crippen molar-refractivity contribution < 1.29 is 19.1 Å². The highest BCUT2D eigenvalue weighted by Crippen LogP contribution is 2.43. The molecule has 0 spiro atoms. The van der Waals surface area contributed by atoms with Gasteiger partial charge >= 0.3 is 5.97 Å². The Bertz CT molecular complexity index is 2490. The summed E-state index contributed by atoms with van der Waals surface area (Å²) in [6.45, 7) is 0.0495. The number of imidazole rings is 1. The summed E-state index contributed by atoms with van der Waals surface area (Å²) in [5.74, 6) is -0.422. The van der Waals surface area contributed by atoms with Crippen molar-refractivity contribution in [2.75, 3.05) is 0 Å². The van der Waals surface area contributed by atoms with E-state index >= 15 is 0 Å². The predicted molar refractivity (Wildman–Crippen MR) is 199 cm³/mol. The Morgan fingerprint density at radius 2 is 1.40 bits per heavy atom. The molecule has 0 aliphatic heterocycles. The monoisotopic (exact) mass is 768 g/mol. The van der Waals surface area contributed by atoms with Gasteiger partial charge in [0.25, 0.3) is 0 Å². The summed E-state index contributed by atoms with van der Waals surface area (Å²) in [7, 11) is 0. The molecule has 0 atom stereocenters. The molecular weight excluding hydrogens is 744 g/mol. The zero-order chi connectivity index (χ0) is 35.8. The third-order valence-electron chi connectivity index (χ3n) is 9.00. The van der Waals surface area contributed by atoms with E-state index in [1.807, 2.05) is 84.9 Å². The number of carbonyl (C=O) groups excluding carboxylic acids is 1. The van der Waals surface area contributed by atoms with Gasteiger partial charge in [0.2, 0.25) is 5.82 Å². The molecular formula is C40H26BrClN6O4. The third kappa shape index (κ3) is 5.51. The van der Waals surface area contributed by atoms with E-state index in [-0.39, 0.29) is 23.2 Å². The molecule has 12 heteroatoms. The second-order valence-electron chi connectivity index (χ2n) is 12.0. The van der Waals surface area contributed by atoms with Crippen molar-refractivity contribution in [1.29, 1.82) is 0 Å². The highest BCUT2D eigenvalue weighted by Gasteiger charge is 2.41. The first kappa shape index (κ1) is 33.0. The smallest absolute Gasteiger partial charge is 0.355 e. The number of fused-ring (bicyclic) bond motifs is 1. The summed E-state index contributed by atoms with van der Waals surface area (Å²) in [6, 6.07) is 43.5. The Kier molecular flexibility index (Phi) is 8.58. The summed E-state index contributed by atoms with van der Waals surface area (Å²) < 4.78 is 8.38. The number of furan rings is 1. The first-order chi connectivity index (χ1) is 25.4. The molecule has 254 valence electrons. The fraction of sp³-hybridized carbons (Fsp3) is 0.0500. The van der Waals surface area contributed by atoms with Crippen LogP contribution in [0.1, 0.15) is 43.4 Å². The van der Waals surface area contributed by atoms with Crippen LogP contribution in [0.4, 0.5) is 0 Å². The van der Waals surface area contributed by atoms with Gasteiger partial charge < -0.3 is 14.1 Å². The lowest BCUT2D eigenvalue weighted by atomic mass is 9.77. The second-order valence-corrected chi connectivity index (χ2v) is 13.1. The summed E-state index contributed by atoms with van der Waals surface area (Å²) in [5.41, 5.74) is 4.42. The van der Waals surface area contributed by atoms with Gasteiger partial charge in [-0.3, -0.25) is 4.79 Å². The molecule has 3 heterocycles. The van der Waals surface area contributed by atoms with Gasteiger partial charge in [0.1, 0.15) is 11.3 Å². The van der Waals surface area contributed by atoms with E-state index < -0.39 is 11.5 Å². The van der Waals surface area contributed by atoms with E-state index in [9.17, 15) is 14.7 Å². The summed E-state index contributed by atoms with van der Waals surface area (Å²) in [5, 5.41) is 24.7. The zero-order valence-corrected chi connectivity index (χ0v) is 29.4. The Morgan fingerprint density at radius 3 is 1.98 bits per heavy atom. The van der Waals surface area contributed by atoms with Gasteiger partial charge in [0.15, 0.2) is 28.5 Å². The number of tetrazole rings is 1. The normalized spacial score (nSPS) is 11.6. The lowest BCUT2D eigenvalue weighted by Crippen LogP contribution is -2.39. The van der Waals surface area contributed by atoms with Crippen molar-refractivity contribution in [2.24, 2.45) is 0 Å². The Hall–Kier alpha value is -6.17. The van der Waals surface area contributed by atoms with E-state index in [1.165, 1.54) is 4.57 Å². The van der Waals surface area contributed by atoms with Crippen LogP contribution in [0, 0.1) is 0 Å². The zero-order valence-electron chi connectivity index (χ0n) is 27.1. The van der Waals surface area contributed by atoms with Crippen LogP contribution >= 0.6 is 27.5 Å². The van der Waals surface area contributed by atoms with E-state index in [1.54, 1.807) is 16.9 Å². The van der Waals surface area contributed by atoms with Crippen molar-refractivity contribution in [3.8, 4) is 22.7 Å². The number of carboxylic acid groups (broad SMARTS) is 1. The molecule has 10 nitrogen and oxygen atoms in total. The number of carbonyl (C=O) groups is 2. The molecule has 0 amide bonds. The van der Waals surface area contributed by atoms with Gasteiger partial charge in [-0.05, 0) is 55.5 Å². The topological polar surface area (TPSA) is 129 Å². The molecule has 0 radical (unpaired) electrons. The number of halogens is 2. The van der Waals surface area contributed by atoms with Gasteiger partial charge in [-0.1, -0.05) is 133 Å². The van der Waals surface area contributed by atoms with Crippen molar-refractivity contribution in [3.05, 3.63) is 177 Å². The maximum Gasteiger partial charge on any atom is 0.355 e. The minimum Gasteiger partial charge on any atom is -0.476 e. The van der Waals surface area contributed by atoms with Crippen LogP contribution in [0.2, 0.25) is 5.15 Å². The fourth-order valence-electron chi connectivity index (χ4n) is 6.69. The first-order valence-electron chi connectivity index (χ1n) is 16.1. The molecule has 0 aliphatic carbocycles. The van der Waals surface area contributed by atoms with Crippen molar-refractivity contribution >= 4 is 50.8 Å². The maximum absolute atomic E-state index is 11.9. The number of nitrogens with zero attached hydrogens (tertiary/aromatic N) is 6. The summed E-state index contributed by atoms with van der Waals surface area (Å²) in [6.07, 6.45) is 0.480. The molecule has 52 heavy (non-hydrogen) atoms. The molecule has 0 fully saturated rings. The second kappa shape index (κ2) is 13.5. The van der Waals surface area contributed by atoms with Gasteiger partial charge in [0, 0.05) is 16.5 Å². The van der Waals surface area contributed by atoms with Gasteiger partial charge in [-0.15, -0.1) is 15.0 Å². The van der Waals surface area contributed by atoms with Crippen LogP contribution in [0.5, 0.6) is 0 Å². The SMILES string of the molecule is O=Cc1nc(Cl)c(C(=O)O)n1Cc1ccc2oc(-c3ccccc3-c3nnn(C(c4ccccc4)(c4ccccc4)c4ccccc4)n3)c(Br)c2c1. The quantitative estimate of drug-likeness (QED) is 0.108. The predicted octanol–water partition coefficient (Wildman–Crippen LogP) is 8.76. The standard InChI is InChI=1S/C40H26BrClN6O4/c41-34-31-22-25(23-47-33(24-49)43-37(42)35(47)39(50)51)20-21-32(31)52-36(34)29-18-10-11-19-30(29)38-44-46-48(45-38)40(26-12-4-1-5-13-26,27-14-6-2-7-15-27)28-16-8-3-9-17-28/h1-22,24H,23H2,(H,50,51). The number of hydrogen-bond acceptors (Lipinski definition) is 7. The number of aldehydes is 1. The lowest BCUT2D eigenvalue weighted by molar-refractivity contribution is 0.0685. The molecule has 0 bridgehead atoms. The van der Waals surface area contributed by atoms with Crippen LogP contribution < -0.4 is 0 Å². The Labute approximate surface area is 310 Å². The molecule has 0 saturated heterocycles. The molecule has 5 aromatic carbocycles. The summed E-state index contributed by atoms with van der Waals surface area (Å²) in [4.78, 5) is 29.2. The van der Waals surface area contributed by atoms with Crippen LogP contribution in [0.25, 0.3) is 33.7 Å². The van der Waals surface area contributed by atoms with E-state index in [4.69, 9.17) is 26.3 Å². The van der Waals surface area contributed by atoms with Gasteiger partial charge in [-0.2, -0.15) is 0 Å². The molecule has 0 saturated carbocycles. The Morgan fingerprint density at radius 1 is 0.827 bits per heavy atom. The molecule has 8 aromatic rings. The van der Waals surface area contributed by atoms with Gasteiger partial charge in [0.05, 0.1) is 11.0 Å². The maximum atomic E-state index is 11.9. The molecule has 8 rings (SSSR count). The number of hydrogen-bond donors (Lipinski definition) is 1. The van der Waals surface area contributed by atoms with E-state index in [0.29, 0.717) is 39.1 Å². The summed E-state index contributed by atoms with van der Waals surface area (Å²) >= 11 is 9.82. The number of aromatic nitrogens is 6. The minimum absolute atomic E-state index is 0.0495. The van der Waals surface area contributed by atoms with Crippen LogP contribution in [-0.2, 0) is 12.1 Å². The van der Waals surface area contributed by atoms with Gasteiger partial charge in [-0.25, -0.2) is 9.78 Å². The lowest BCUT2D eigenvalue weighted by Gasteiger charge is -2.34. The minimum atomic E-state index is -1.28.